The minimum Gasteiger partial charge on any atom is -0.490 e. The molecule has 1 rings (SSSR count). The molecular formula is C18H25N3O4. The van der Waals surface area contributed by atoms with Gasteiger partial charge in [0.05, 0.1) is 12.3 Å². The molecule has 0 bridgehead atoms. The summed E-state index contributed by atoms with van der Waals surface area (Å²) in [5.41, 5.74) is 2.94. The summed E-state index contributed by atoms with van der Waals surface area (Å²) < 4.78 is 10.7. The lowest BCUT2D eigenvalue weighted by Gasteiger charge is -2.07. The summed E-state index contributed by atoms with van der Waals surface area (Å²) in [4.78, 5) is 23.1. The van der Waals surface area contributed by atoms with Crippen molar-refractivity contribution in [1.29, 1.82) is 0 Å². The zero-order valence-electron chi connectivity index (χ0n) is 14.7. The zero-order valence-corrected chi connectivity index (χ0v) is 14.7. The van der Waals surface area contributed by atoms with Crippen molar-refractivity contribution in [2.24, 2.45) is 5.10 Å². The fraction of sp³-hybridized carbons (Fsp3) is 0.389. The lowest BCUT2D eigenvalue weighted by Crippen LogP contribution is -2.38. The molecule has 0 atom stereocenters. The number of hydrogen-bond donors (Lipinski definition) is 2. The van der Waals surface area contributed by atoms with Crippen molar-refractivity contribution in [2.75, 3.05) is 19.8 Å². The molecule has 7 nitrogen and oxygen atoms in total. The maximum atomic E-state index is 11.6. The summed E-state index contributed by atoms with van der Waals surface area (Å²) in [6.45, 7) is 8.78. The number of benzene rings is 1. The van der Waals surface area contributed by atoms with E-state index < -0.39 is 11.8 Å². The van der Waals surface area contributed by atoms with Gasteiger partial charge in [0.2, 0.25) is 0 Å². The Morgan fingerprint density at radius 3 is 2.60 bits per heavy atom. The zero-order chi connectivity index (χ0) is 18.5. The van der Waals surface area contributed by atoms with Crippen LogP contribution in [0.4, 0.5) is 0 Å². The summed E-state index contributed by atoms with van der Waals surface area (Å²) in [5.74, 6) is -0.830. The van der Waals surface area contributed by atoms with E-state index in [0.717, 1.165) is 5.56 Å². The smallest absolute Gasteiger partial charge is 0.329 e. The van der Waals surface area contributed by atoms with Gasteiger partial charge in [0, 0.05) is 13.2 Å². The van der Waals surface area contributed by atoms with Crippen molar-refractivity contribution >= 4 is 18.0 Å². The van der Waals surface area contributed by atoms with Crippen LogP contribution in [0, 0.1) is 0 Å². The number of amides is 2. The average Bonchev–Trinajstić information content (AvgIpc) is 2.60. The average molecular weight is 347 g/mol. The molecule has 0 aliphatic rings. The van der Waals surface area contributed by atoms with E-state index in [1.807, 2.05) is 13.8 Å². The minimum absolute atomic E-state index is 0.149. The van der Waals surface area contributed by atoms with Gasteiger partial charge in [-0.1, -0.05) is 12.7 Å². The molecule has 0 saturated carbocycles. The first-order chi connectivity index (χ1) is 12.0. The summed E-state index contributed by atoms with van der Waals surface area (Å²) in [6, 6.07) is 7.11. The van der Waals surface area contributed by atoms with Crippen LogP contribution in [0.1, 0.15) is 25.8 Å². The Hall–Kier alpha value is -2.67. The van der Waals surface area contributed by atoms with E-state index in [-0.39, 0.29) is 6.10 Å². The molecule has 1 aromatic rings. The summed E-state index contributed by atoms with van der Waals surface area (Å²) in [7, 11) is 0. The van der Waals surface area contributed by atoms with Crippen LogP contribution in [-0.2, 0) is 14.3 Å². The maximum Gasteiger partial charge on any atom is 0.329 e. The van der Waals surface area contributed by atoms with Crippen molar-refractivity contribution in [2.45, 2.75) is 26.4 Å². The number of carbonyl (C=O) groups excluding carboxylic acids is 2. The SMILES string of the molecule is C=CCOc1ccc(/C=N\NC(=O)C(=O)NCCCOC(C)C)cc1. The fourth-order valence-electron chi connectivity index (χ4n) is 1.69. The highest BCUT2D eigenvalue weighted by atomic mass is 16.5. The molecule has 0 radical (unpaired) electrons. The molecule has 0 aliphatic carbocycles. The molecule has 0 aromatic heterocycles. The number of nitrogens with one attached hydrogen (secondary N) is 2. The molecular weight excluding hydrogens is 322 g/mol. The molecule has 1 aromatic carbocycles. The van der Waals surface area contributed by atoms with Gasteiger partial charge in [-0.2, -0.15) is 5.10 Å². The molecule has 2 N–H and O–H groups in total. The maximum absolute atomic E-state index is 11.6. The van der Waals surface area contributed by atoms with Crippen LogP contribution < -0.4 is 15.5 Å². The number of hydrogen-bond acceptors (Lipinski definition) is 5. The first-order valence-electron chi connectivity index (χ1n) is 8.09. The Balaban J connectivity index is 2.28. The summed E-state index contributed by atoms with van der Waals surface area (Å²) in [5, 5.41) is 6.26. The van der Waals surface area contributed by atoms with Crippen LogP contribution in [0.15, 0.2) is 42.0 Å². The minimum atomic E-state index is -0.813. The van der Waals surface area contributed by atoms with E-state index >= 15 is 0 Å². The third kappa shape index (κ3) is 9.26. The van der Waals surface area contributed by atoms with Crippen LogP contribution in [0.2, 0.25) is 0 Å². The highest BCUT2D eigenvalue weighted by molar-refractivity contribution is 6.35. The molecule has 25 heavy (non-hydrogen) atoms. The van der Waals surface area contributed by atoms with Crippen LogP contribution in [0.25, 0.3) is 0 Å². The van der Waals surface area contributed by atoms with Gasteiger partial charge in [-0.15, -0.1) is 0 Å². The number of ether oxygens (including phenoxy) is 2. The topological polar surface area (TPSA) is 89.0 Å². The van der Waals surface area contributed by atoms with Gasteiger partial charge in [0.1, 0.15) is 12.4 Å². The Labute approximate surface area is 148 Å². The Bertz CT molecular complexity index is 582. The summed E-state index contributed by atoms with van der Waals surface area (Å²) in [6.07, 6.45) is 3.89. The number of carbonyl (C=O) groups is 2. The van der Waals surface area contributed by atoms with Gasteiger partial charge < -0.3 is 14.8 Å². The Morgan fingerprint density at radius 2 is 1.96 bits per heavy atom. The standard InChI is InChI=1S/C18H25N3O4/c1-4-11-25-16-8-6-15(7-9-16)13-20-21-18(23)17(22)19-10-5-12-24-14(2)3/h4,6-9,13-14H,1,5,10-12H2,2-3H3,(H,19,22)(H,21,23)/b20-13-. The van der Waals surface area contributed by atoms with E-state index in [1.54, 1.807) is 30.3 Å². The lowest BCUT2D eigenvalue weighted by atomic mass is 10.2. The molecule has 0 fully saturated rings. The number of nitrogens with zero attached hydrogens (tertiary/aromatic N) is 1. The normalized spacial score (nSPS) is 10.7. The van der Waals surface area contributed by atoms with Crippen LogP contribution >= 0.6 is 0 Å². The lowest BCUT2D eigenvalue weighted by molar-refractivity contribution is -0.139. The number of rotatable bonds is 10. The van der Waals surface area contributed by atoms with Gasteiger partial charge in [-0.25, -0.2) is 5.43 Å². The van der Waals surface area contributed by atoms with Gasteiger partial charge in [0.15, 0.2) is 0 Å². The van der Waals surface area contributed by atoms with E-state index in [4.69, 9.17) is 9.47 Å². The van der Waals surface area contributed by atoms with Gasteiger partial charge >= 0.3 is 11.8 Å². The van der Waals surface area contributed by atoms with Gasteiger partial charge in [-0.05, 0) is 50.1 Å². The van der Waals surface area contributed by atoms with Gasteiger partial charge in [0.25, 0.3) is 0 Å². The number of hydrazone groups is 1. The second kappa shape index (κ2) is 11.8. The molecule has 0 spiro atoms. The van der Waals surface area contributed by atoms with Gasteiger partial charge in [-0.3, -0.25) is 9.59 Å². The quantitative estimate of drug-likeness (QED) is 0.221. The van der Waals surface area contributed by atoms with Crippen molar-refractivity contribution in [3.05, 3.63) is 42.5 Å². The van der Waals surface area contributed by atoms with E-state index in [9.17, 15) is 9.59 Å². The Kier molecular flexibility index (Phi) is 9.62. The fourth-order valence-corrected chi connectivity index (χ4v) is 1.69. The molecule has 7 heteroatoms. The first kappa shape index (κ1) is 20.4. The van der Waals surface area contributed by atoms with Crippen molar-refractivity contribution < 1.29 is 19.1 Å². The third-order valence-electron chi connectivity index (χ3n) is 2.89. The molecule has 136 valence electrons. The van der Waals surface area contributed by atoms with Crippen molar-refractivity contribution in [1.82, 2.24) is 10.7 Å². The van der Waals surface area contributed by atoms with E-state index in [0.29, 0.717) is 31.9 Å². The highest BCUT2D eigenvalue weighted by Gasteiger charge is 2.11. The second-order valence-electron chi connectivity index (χ2n) is 5.40. The highest BCUT2D eigenvalue weighted by Crippen LogP contribution is 2.10. The van der Waals surface area contributed by atoms with Crippen LogP contribution in [0.5, 0.6) is 5.75 Å². The molecule has 0 unspecified atom stereocenters. The molecule has 0 heterocycles. The second-order valence-corrected chi connectivity index (χ2v) is 5.40. The van der Waals surface area contributed by atoms with Crippen LogP contribution in [0.3, 0.4) is 0 Å². The Morgan fingerprint density at radius 1 is 1.24 bits per heavy atom. The molecule has 0 aliphatic heterocycles. The third-order valence-corrected chi connectivity index (χ3v) is 2.89. The molecule has 0 saturated heterocycles. The van der Waals surface area contributed by atoms with Crippen LogP contribution in [-0.4, -0.2) is 43.9 Å². The monoisotopic (exact) mass is 347 g/mol. The molecule has 2 amide bonds. The summed E-state index contributed by atoms with van der Waals surface area (Å²) >= 11 is 0. The predicted octanol–water partition coefficient (Wildman–Crippen LogP) is 1.63. The first-order valence-corrected chi connectivity index (χ1v) is 8.09. The van der Waals surface area contributed by atoms with Crippen molar-refractivity contribution in [3.63, 3.8) is 0 Å². The largest absolute Gasteiger partial charge is 0.490 e. The van der Waals surface area contributed by atoms with Crippen molar-refractivity contribution in [3.8, 4) is 5.75 Å². The predicted molar refractivity (Wildman–Crippen MR) is 96.6 cm³/mol. The van der Waals surface area contributed by atoms with E-state index in [1.165, 1.54) is 6.21 Å². The van der Waals surface area contributed by atoms with E-state index in [2.05, 4.69) is 22.4 Å².